The molecular weight excluding hydrogens is 312 g/mol. The van der Waals surface area contributed by atoms with Gasteiger partial charge in [0, 0.05) is 11.4 Å². The Labute approximate surface area is 134 Å². The SMILES string of the molecule is N#Cc1cc(N)ccc1CS(=O)(=O)Cc1ccc(N)cc1C#N. The number of nitriles is 2. The first-order chi connectivity index (χ1) is 10.8. The molecule has 6 nitrogen and oxygen atoms in total. The molecule has 0 bridgehead atoms. The van der Waals surface area contributed by atoms with E-state index in [0.29, 0.717) is 22.5 Å². The molecule has 2 aromatic rings. The topological polar surface area (TPSA) is 134 Å². The zero-order chi connectivity index (χ0) is 17.0. The van der Waals surface area contributed by atoms with E-state index in [0.717, 1.165) is 0 Å². The third-order valence-corrected chi connectivity index (χ3v) is 4.76. The highest BCUT2D eigenvalue weighted by Gasteiger charge is 2.18. The third-order valence-electron chi connectivity index (χ3n) is 3.26. The zero-order valence-electron chi connectivity index (χ0n) is 12.2. The summed E-state index contributed by atoms with van der Waals surface area (Å²) < 4.78 is 24.8. The summed E-state index contributed by atoms with van der Waals surface area (Å²) in [4.78, 5) is 0. The lowest BCUT2D eigenvalue weighted by atomic mass is 10.1. The Balaban J connectivity index is 2.31. The number of benzene rings is 2. The Kier molecular flexibility index (Phi) is 4.54. The average molecular weight is 326 g/mol. The van der Waals surface area contributed by atoms with Gasteiger partial charge in [-0.05, 0) is 35.4 Å². The van der Waals surface area contributed by atoms with Crippen molar-refractivity contribution >= 4 is 21.2 Å². The molecule has 0 saturated carbocycles. The molecule has 2 rings (SSSR count). The molecule has 2 aromatic carbocycles. The van der Waals surface area contributed by atoms with Crippen molar-refractivity contribution < 1.29 is 8.42 Å². The molecule has 0 heterocycles. The molecule has 7 heteroatoms. The van der Waals surface area contributed by atoms with Crippen molar-refractivity contribution in [3.63, 3.8) is 0 Å². The van der Waals surface area contributed by atoms with Crippen LogP contribution in [0.1, 0.15) is 22.3 Å². The van der Waals surface area contributed by atoms with Gasteiger partial charge in [0.1, 0.15) is 0 Å². The molecule has 0 unspecified atom stereocenters. The average Bonchev–Trinajstić information content (AvgIpc) is 2.50. The Morgan fingerprint density at radius 1 is 0.826 bits per heavy atom. The fourth-order valence-electron chi connectivity index (χ4n) is 2.17. The molecule has 0 aliphatic carbocycles. The number of nitrogens with zero attached hydrogens (tertiary/aromatic N) is 2. The van der Waals surface area contributed by atoms with Crippen LogP contribution in [0.15, 0.2) is 36.4 Å². The Hall–Kier alpha value is -3.03. The van der Waals surface area contributed by atoms with Crippen LogP contribution in [0, 0.1) is 22.7 Å². The summed E-state index contributed by atoms with van der Waals surface area (Å²) in [5.74, 6) is -0.600. The standard InChI is InChI=1S/C16H14N4O2S/c17-7-13-5-15(19)3-1-11(13)9-23(21,22)10-12-2-4-16(20)6-14(12)8-18/h1-6H,9-10,19-20H2. The number of nitrogens with two attached hydrogens (primary N) is 2. The summed E-state index contributed by atoms with van der Waals surface area (Å²) in [7, 11) is -3.56. The molecule has 0 aliphatic rings. The van der Waals surface area contributed by atoms with E-state index in [-0.39, 0.29) is 22.6 Å². The molecule has 0 spiro atoms. The van der Waals surface area contributed by atoms with Crippen LogP contribution in [0.3, 0.4) is 0 Å². The highest BCUT2D eigenvalue weighted by atomic mass is 32.2. The fraction of sp³-hybridized carbons (Fsp3) is 0.125. The number of hydrogen-bond donors (Lipinski definition) is 2. The van der Waals surface area contributed by atoms with E-state index < -0.39 is 9.84 Å². The van der Waals surface area contributed by atoms with Crippen LogP contribution in [0.4, 0.5) is 11.4 Å². The van der Waals surface area contributed by atoms with Crippen molar-refractivity contribution in [3.8, 4) is 12.1 Å². The van der Waals surface area contributed by atoms with Crippen molar-refractivity contribution in [1.29, 1.82) is 10.5 Å². The van der Waals surface area contributed by atoms with Crippen LogP contribution in [0.25, 0.3) is 0 Å². The smallest absolute Gasteiger partial charge is 0.158 e. The van der Waals surface area contributed by atoms with Gasteiger partial charge in [-0.1, -0.05) is 12.1 Å². The van der Waals surface area contributed by atoms with Crippen LogP contribution in [-0.2, 0) is 21.3 Å². The van der Waals surface area contributed by atoms with Gasteiger partial charge in [0.2, 0.25) is 0 Å². The van der Waals surface area contributed by atoms with Crippen molar-refractivity contribution in [3.05, 3.63) is 58.7 Å². The molecule has 4 N–H and O–H groups in total. The van der Waals surface area contributed by atoms with Crippen molar-refractivity contribution in [1.82, 2.24) is 0 Å². The minimum atomic E-state index is -3.56. The van der Waals surface area contributed by atoms with Crippen LogP contribution in [-0.4, -0.2) is 8.42 Å². The first-order valence-corrected chi connectivity index (χ1v) is 8.44. The summed E-state index contributed by atoms with van der Waals surface area (Å²) in [5.41, 5.74) is 13.2. The lowest BCUT2D eigenvalue weighted by molar-refractivity contribution is 0.594. The second-order valence-electron chi connectivity index (χ2n) is 5.09. The summed E-state index contributed by atoms with van der Waals surface area (Å²) in [5, 5.41) is 18.2. The maximum atomic E-state index is 12.4. The van der Waals surface area contributed by atoms with E-state index in [1.54, 1.807) is 12.1 Å². The predicted octanol–water partition coefficient (Wildman–Crippen LogP) is 1.71. The van der Waals surface area contributed by atoms with Crippen LogP contribution in [0.5, 0.6) is 0 Å². The molecule has 0 radical (unpaired) electrons. The van der Waals surface area contributed by atoms with Crippen LogP contribution >= 0.6 is 0 Å². The first kappa shape index (κ1) is 16.3. The van der Waals surface area contributed by atoms with Gasteiger partial charge in [0.15, 0.2) is 9.84 Å². The number of hydrogen-bond acceptors (Lipinski definition) is 6. The Morgan fingerprint density at radius 2 is 1.22 bits per heavy atom. The number of sulfone groups is 1. The molecule has 0 atom stereocenters. The van der Waals surface area contributed by atoms with Crippen molar-refractivity contribution in [2.45, 2.75) is 11.5 Å². The Bertz CT molecular complexity index is 866. The summed E-state index contributed by atoms with van der Waals surface area (Å²) in [6.07, 6.45) is 0. The maximum Gasteiger partial charge on any atom is 0.158 e. The van der Waals surface area contributed by atoms with Crippen LogP contribution < -0.4 is 11.5 Å². The van der Waals surface area contributed by atoms with E-state index in [4.69, 9.17) is 22.0 Å². The van der Waals surface area contributed by atoms with Gasteiger partial charge >= 0.3 is 0 Å². The number of anilines is 2. The monoisotopic (exact) mass is 326 g/mol. The van der Waals surface area contributed by atoms with E-state index >= 15 is 0 Å². The van der Waals surface area contributed by atoms with E-state index in [9.17, 15) is 8.42 Å². The molecule has 0 aromatic heterocycles. The molecule has 23 heavy (non-hydrogen) atoms. The summed E-state index contributed by atoms with van der Waals surface area (Å²) >= 11 is 0. The van der Waals surface area contributed by atoms with Crippen molar-refractivity contribution in [2.75, 3.05) is 11.5 Å². The highest BCUT2D eigenvalue weighted by molar-refractivity contribution is 7.89. The summed E-state index contributed by atoms with van der Waals surface area (Å²) in [6.45, 7) is 0. The van der Waals surface area contributed by atoms with Gasteiger partial charge in [0.05, 0.1) is 34.8 Å². The normalized spacial score (nSPS) is 10.7. The molecular formula is C16H14N4O2S. The van der Waals surface area contributed by atoms with E-state index in [2.05, 4.69) is 0 Å². The summed E-state index contributed by atoms with van der Waals surface area (Å²) in [6, 6.07) is 12.9. The highest BCUT2D eigenvalue weighted by Crippen LogP contribution is 2.20. The zero-order valence-corrected chi connectivity index (χ0v) is 13.0. The fourth-order valence-corrected chi connectivity index (χ4v) is 3.73. The second-order valence-corrected chi connectivity index (χ2v) is 7.15. The van der Waals surface area contributed by atoms with Gasteiger partial charge in [-0.2, -0.15) is 10.5 Å². The minimum Gasteiger partial charge on any atom is -0.399 e. The molecule has 0 fully saturated rings. The maximum absolute atomic E-state index is 12.4. The van der Waals surface area contributed by atoms with Gasteiger partial charge in [-0.25, -0.2) is 8.42 Å². The molecule has 0 aliphatic heterocycles. The van der Waals surface area contributed by atoms with Gasteiger partial charge in [0.25, 0.3) is 0 Å². The van der Waals surface area contributed by atoms with E-state index in [1.807, 2.05) is 12.1 Å². The van der Waals surface area contributed by atoms with E-state index in [1.165, 1.54) is 24.3 Å². The Morgan fingerprint density at radius 3 is 1.57 bits per heavy atom. The minimum absolute atomic E-state index is 0.228. The molecule has 0 amide bonds. The molecule has 0 saturated heterocycles. The van der Waals surface area contributed by atoms with Gasteiger partial charge < -0.3 is 11.5 Å². The quantitative estimate of drug-likeness (QED) is 0.821. The van der Waals surface area contributed by atoms with Gasteiger partial charge in [-0.3, -0.25) is 0 Å². The third kappa shape index (κ3) is 4.00. The van der Waals surface area contributed by atoms with Crippen LogP contribution in [0.2, 0.25) is 0 Å². The lowest BCUT2D eigenvalue weighted by Crippen LogP contribution is -2.10. The van der Waals surface area contributed by atoms with Crippen molar-refractivity contribution in [2.24, 2.45) is 0 Å². The predicted molar refractivity (Wildman–Crippen MR) is 87.5 cm³/mol. The second kappa shape index (κ2) is 6.39. The first-order valence-electron chi connectivity index (χ1n) is 6.62. The lowest BCUT2D eigenvalue weighted by Gasteiger charge is -2.09. The van der Waals surface area contributed by atoms with Gasteiger partial charge in [-0.15, -0.1) is 0 Å². The largest absolute Gasteiger partial charge is 0.399 e. The number of nitrogen functional groups attached to an aromatic ring is 2. The number of rotatable bonds is 4. The molecule has 116 valence electrons.